The molecule has 8 nitrogen and oxygen atoms in total. The number of rotatable bonds is 10. The average Bonchev–Trinajstić information content (AvgIpc) is 3.03. The fourth-order valence-electron chi connectivity index (χ4n) is 4.63. The van der Waals surface area contributed by atoms with Crippen molar-refractivity contribution in [3.63, 3.8) is 0 Å². The van der Waals surface area contributed by atoms with Crippen molar-refractivity contribution in [1.29, 1.82) is 0 Å². The van der Waals surface area contributed by atoms with Gasteiger partial charge in [0.05, 0.1) is 16.2 Å². The zero-order valence-electron chi connectivity index (χ0n) is 32.7. The molecule has 26 heteroatoms. The Hall–Kier alpha value is -2.93. The highest BCUT2D eigenvalue weighted by atomic mass is 19.4. The van der Waals surface area contributed by atoms with E-state index in [1.165, 1.54) is 41.5 Å². The average molecular weight is 913 g/mol. The molecule has 0 saturated heterocycles. The number of carboxylic acids is 1. The third-order valence-electron chi connectivity index (χ3n) is 10.0. The summed E-state index contributed by atoms with van der Waals surface area (Å²) >= 11 is 0. The molecule has 1 fully saturated rings. The minimum Gasteiger partial charge on any atom is -0.481 e. The normalized spacial score (nSPS) is 19.5. The van der Waals surface area contributed by atoms with Crippen LogP contribution in [-0.2, 0) is 23.9 Å². The molecule has 0 heterocycles. The number of halogens is 18. The van der Waals surface area contributed by atoms with Crippen molar-refractivity contribution in [2.45, 2.75) is 161 Å². The van der Waals surface area contributed by atoms with Crippen molar-refractivity contribution in [1.82, 2.24) is 0 Å². The molecule has 352 valence electrons. The van der Waals surface area contributed by atoms with E-state index >= 15 is 0 Å². The van der Waals surface area contributed by atoms with Gasteiger partial charge >= 0.3 is 55.0 Å². The summed E-state index contributed by atoms with van der Waals surface area (Å²) in [4.78, 5) is 33.7. The highest BCUT2D eigenvalue weighted by Gasteiger charge is 2.78. The van der Waals surface area contributed by atoms with Crippen LogP contribution in [0.3, 0.4) is 0 Å². The Labute approximate surface area is 325 Å². The second-order valence-electron chi connectivity index (χ2n) is 15.5. The van der Waals surface area contributed by atoms with Crippen LogP contribution >= 0.6 is 0 Å². The van der Waals surface area contributed by atoms with E-state index in [-0.39, 0.29) is 12.8 Å². The number of hydrogen-bond donors (Lipinski definition) is 3. The van der Waals surface area contributed by atoms with Crippen LogP contribution in [0.2, 0.25) is 0 Å². The Morgan fingerprint density at radius 3 is 0.983 bits per heavy atom. The largest absolute Gasteiger partial charge is 0.481 e. The zero-order valence-corrected chi connectivity index (χ0v) is 32.7. The Morgan fingerprint density at radius 1 is 0.508 bits per heavy atom. The van der Waals surface area contributed by atoms with Gasteiger partial charge in [-0.15, -0.1) is 0 Å². The topological polar surface area (TPSA) is 130 Å². The molecule has 0 aliphatic heterocycles. The Morgan fingerprint density at radius 2 is 0.780 bits per heavy atom. The van der Waals surface area contributed by atoms with Crippen LogP contribution in [0.25, 0.3) is 0 Å². The molecule has 1 aliphatic rings. The third-order valence-corrected chi connectivity index (χ3v) is 10.0. The molecule has 0 radical (unpaired) electrons. The lowest BCUT2D eigenvalue weighted by Crippen LogP contribution is -2.67. The molecule has 1 aliphatic carbocycles. The van der Waals surface area contributed by atoms with Gasteiger partial charge in [0.1, 0.15) is 6.10 Å². The molecular formula is C33H46F18O8. The van der Waals surface area contributed by atoms with Crippen molar-refractivity contribution < 1.29 is 118 Å². The van der Waals surface area contributed by atoms with Crippen LogP contribution in [0.4, 0.5) is 79.0 Å². The fourth-order valence-corrected chi connectivity index (χ4v) is 4.63. The molecule has 0 aromatic heterocycles. The minimum absolute atomic E-state index is 0.0184. The number of aliphatic hydroxyl groups is 2. The molecule has 1 saturated carbocycles. The van der Waals surface area contributed by atoms with Gasteiger partial charge in [0.15, 0.2) is 0 Å². The molecular weight excluding hydrogens is 866 g/mol. The predicted octanol–water partition coefficient (Wildman–Crippen LogP) is 10.4. The van der Waals surface area contributed by atoms with Crippen LogP contribution in [0.5, 0.6) is 0 Å². The summed E-state index contributed by atoms with van der Waals surface area (Å²) in [6, 6.07) is 0. The van der Waals surface area contributed by atoms with Crippen LogP contribution in [0, 0.1) is 28.1 Å². The van der Waals surface area contributed by atoms with Crippen LogP contribution in [-0.4, -0.2) is 93.7 Å². The van der Waals surface area contributed by atoms with Crippen LogP contribution in [0.15, 0.2) is 0 Å². The molecule has 2 atom stereocenters. The van der Waals surface area contributed by atoms with Crippen LogP contribution in [0.1, 0.15) is 101 Å². The second kappa shape index (κ2) is 19.0. The van der Waals surface area contributed by atoms with Crippen LogP contribution < -0.4 is 0 Å². The van der Waals surface area contributed by atoms with E-state index < -0.39 is 126 Å². The van der Waals surface area contributed by atoms with Gasteiger partial charge in [-0.2, -0.15) is 79.0 Å². The molecule has 59 heavy (non-hydrogen) atoms. The summed E-state index contributed by atoms with van der Waals surface area (Å²) in [7, 11) is 0. The van der Waals surface area contributed by atoms with Crippen molar-refractivity contribution in [3.05, 3.63) is 0 Å². The first-order chi connectivity index (χ1) is 25.6. The molecule has 0 aromatic rings. The summed E-state index contributed by atoms with van der Waals surface area (Å²) in [6.45, 7) is 13.0. The molecule has 2 unspecified atom stereocenters. The summed E-state index contributed by atoms with van der Waals surface area (Å²) in [6.07, 6.45) is -48.7. The highest BCUT2D eigenvalue weighted by molar-refractivity contribution is 5.76. The zero-order chi connectivity index (χ0) is 48.2. The predicted molar refractivity (Wildman–Crippen MR) is 167 cm³/mol. The SMILES string of the molecule is CCC(C)(C)C(=O)O.CCC(C)(C)C(=O)OC(C(F)(F)F)C(F)(F)F.CCC(C)(C)C(=O)OC1CC(C(O)(C(F)(F)F)C(F)(F)F)CC(C(O)(C(F)(F)F)C(F)(F)F)C1. The van der Waals surface area contributed by atoms with Crippen molar-refractivity contribution in [3.8, 4) is 0 Å². The number of ether oxygens (including phenoxy) is 2. The molecule has 0 spiro atoms. The summed E-state index contributed by atoms with van der Waals surface area (Å²) in [5, 5.41) is 27.7. The Kier molecular flexibility index (Phi) is 18.7. The molecule has 1 rings (SSSR count). The quantitative estimate of drug-likeness (QED) is 0.146. The van der Waals surface area contributed by atoms with E-state index in [2.05, 4.69) is 4.74 Å². The van der Waals surface area contributed by atoms with Gasteiger partial charge in [-0.1, -0.05) is 20.8 Å². The van der Waals surface area contributed by atoms with Gasteiger partial charge < -0.3 is 24.8 Å². The number of alkyl halides is 18. The number of hydrogen-bond acceptors (Lipinski definition) is 7. The first kappa shape index (κ1) is 58.2. The van der Waals surface area contributed by atoms with E-state index in [4.69, 9.17) is 9.84 Å². The number of carbonyl (C=O) groups is 3. The summed E-state index contributed by atoms with van der Waals surface area (Å²) < 4.78 is 241. The number of carbonyl (C=O) groups excluding carboxylic acids is 2. The molecule has 3 N–H and O–H groups in total. The van der Waals surface area contributed by atoms with Gasteiger partial charge in [-0.3, -0.25) is 14.4 Å². The Bertz CT molecular complexity index is 1300. The van der Waals surface area contributed by atoms with Gasteiger partial charge in [-0.05, 0) is 80.1 Å². The summed E-state index contributed by atoms with van der Waals surface area (Å²) in [5.74, 6) is -10.3. The van der Waals surface area contributed by atoms with Gasteiger partial charge in [-0.25, -0.2) is 0 Å². The third kappa shape index (κ3) is 14.3. The van der Waals surface area contributed by atoms with E-state index in [1.807, 2.05) is 6.92 Å². The number of carboxylic acid groups (broad SMARTS) is 1. The maximum atomic E-state index is 13.3. The Balaban J connectivity index is 0. The maximum absolute atomic E-state index is 13.3. The van der Waals surface area contributed by atoms with E-state index in [1.54, 1.807) is 13.8 Å². The fraction of sp³-hybridized carbons (Fsp3) is 0.909. The van der Waals surface area contributed by atoms with Crippen molar-refractivity contribution in [2.24, 2.45) is 28.1 Å². The molecule has 0 amide bonds. The number of esters is 2. The number of aliphatic carboxylic acids is 1. The maximum Gasteiger partial charge on any atom is 0.434 e. The minimum atomic E-state index is -6.58. The van der Waals surface area contributed by atoms with Crippen molar-refractivity contribution in [2.75, 3.05) is 0 Å². The second-order valence-corrected chi connectivity index (χ2v) is 15.5. The standard InChI is InChI=1S/C18H22F12O4.C9H12F6O2.C6H12O2/c1-4-12(2,3)11(31)34-10-6-8(13(32,15(19,20)21)16(22,23)24)5-9(7-10)14(33,17(25,26)27)18(28,29)30;1-4-7(2,3)6(16)17-5(8(10,11)12)9(13,14)15;1-4-6(2,3)5(7)8/h8-10,32-33H,4-7H2,1-3H3;5H,4H2,1-3H3;4H2,1-3H3,(H,7,8). The van der Waals surface area contributed by atoms with Gasteiger partial charge in [0.2, 0.25) is 0 Å². The first-order valence-corrected chi connectivity index (χ1v) is 17.1. The monoisotopic (exact) mass is 912 g/mol. The molecule has 0 aromatic carbocycles. The van der Waals surface area contributed by atoms with Gasteiger partial charge in [0.25, 0.3) is 17.3 Å². The molecule has 0 bridgehead atoms. The lowest BCUT2D eigenvalue weighted by molar-refractivity contribution is -0.405. The van der Waals surface area contributed by atoms with Gasteiger partial charge in [0, 0.05) is 11.8 Å². The highest BCUT2D eigenvalue weighted by Crippen LogP contribution is 2.58. The smallest absolute Gasteiger partial charge is 0.434 e. The van der Waals surface area contributed by atoms with Crippen molar-refractivity contribution >= 4 is 17.9 Å². The summed E-state index contributed by atoms with van der Waals surface area (Å²) in [5.41, 5.74) is -14.9. The van der Waals surface area contributed by atoms with E-state index in [0.717, 1.165) is 0 Å². The van der Waals surface area contributed by atoms with E-state index in [9.17, 15) is 104 Å². The lowest BCUT2D eigenvalue weighted by Gasteiger charge is -2.48. The first-order valence-electron chi connectivity index (χ1n) is 17.1. The lowest BCUT2D eigenvalue weighted by atomic mass is 9.65. The van der Waals surface area contributed by atoms with E-state index in [0.29, 0.717) is 6.42 Å².